The largest absolute Gasteiger partial charge is 0.481 e. The van der Waals surface area contributed by atoms with Crippen molar-refractivity contribution >= 4 is 43.2 Å². The van der Waals surface area contributed by atoms with E-state index < -0.39 is 11.4 Å². The maximum absolute atomic E-state index is 12.3. The van der Waals surface area contributed by atoms with Crippen LogP contribution < -0.4 is 0 Å². The van der Waals surface area contributed by atoms with Crippen molar-refractivity contribution in [2.75, 3.05) is 39.5 Å². The number of esters is 2. The second kappa shape index (κ2) is 21.9. The second-order valence-electron chi connectivity index (χ2n) is 10.2. The molecule has 218 valence electrons. The van der Waals surface area contributed by atoms with Gasteiger partial charge in [-0.25, -0.2) is 0 Å². The van der Waals surface area contributed by atoms with Crippen LogP contribution in [0, 0.1) is 5.41 Å². The van der Waals surface area contributed by atoms with E-state index in [1.54, 1.807) is 0 Å². The third-order valence-corrected chi connectivity index (χ3v) is 8.31. The molecule has 0 bridgehead atoms. The summed E-state index contributed by atoms with van der Waals surface area (Å²) in [5.41, 5.74) is -0.467. The van der Waals surface area contributed by atoms with Crippen LogP contribution in [0.4, 0.5) is 0 Å². The molecule has 0 heterocycles. The number of rotatable bonds is 24. The van der Waals surface area contributed by atoms with Crippen LogP contribution in [0.3, 0.4) is 0 Å². The Morgan fingerprint density at radius 3 is 1.76 bits per heavy atom. The predicted molar refractivity (Wildman–Crippen MR) is 153 cm³/mol. The first-order chi connectivity index (χ1) is 17.5. The summed E-state index contributed by atoms with van der Waals surface area (Å²) in [6.07, 6.45) is 8.60. The van der Waals surface area contributed by atoms with E-state index in [1.165, 1.54) is 0 Å². The summed E-state index contributed by atoms with van der Waals surface area (Å²) in [6.45, 7) is 9.24. The first-order valence-electron chi connectivity index (χ1n) is 13.8. The Labute approximate surface area is 235 Å². The maximum atomic E-state index is 12.3. The minimum atomic E-state index is -0.754. The van der Waals surface area contributed by atoms with Gasteiger partial charge in [0.1, 0.15) is 0 Å². The van der Waals surface area contributed by atoms with Crippen molar-refractivity contribution in [2.45, 2.75) is 108 Å². The standard InChI is InChI=1S/C27H51NO7S2/c1-4-5-18-34-25(32)20-22(36)27(2,3)23(37)21-26(33)35-19-12-7-6-10-14-28(16-17-29)15-11-8-9-13-24(30)31/h22-23,29,36-37H,4-21H2,1-3H3,(H,30,31). The summed E-state index contributed by atoms with van der Waals surface area (Å²) < 4.78 is 10.6. The SMILES string of the molecule is CCCCOC(=O)CC(S)C(C)(C)C(S)CC(=O)OCCCCCCN(CCO)CCCCCC(=O)O. The van der Waals surface area contributed by atoms with Gasteiger partial charge in [-0.1, -0.05) is 46.5 Å². The van der Waals surface area contributed by atoms with Gasteiger partial charge >= 0.3 is 17.9 Å². The molecule has 0 aromatic heterocycles. The lowest BCUT2D eigenvalue weighted by atomic mass is 9.82. The van der Waals surface area contributed by atoms with Crippen LogP contribution in [0.2, 0.25) is 0 Å². The van der Waals surface area contributed by atoms with Crippen LogP contribution in [0.1, 0.15) is 97.8 Å². The highest BCUT2D eigenvalue weighted by Crippen LogP contribution is 2.36. The Morgan fingerprint density at radius 2 is 1.27 bits per heavy atom. The Balaban J connectivity index is 4.07. The lowest BCUT2D eigenvalue weighted by Crippen LogP contribution is -2.37. The van der Waals surface area contributed by atoms with E-state index in [4.69, 9.17) is 14.6 Å². The Hall–Kier alpha value is -0.970. The zero-order valence-corrected chi connectivity index (χ0v) is 24.9. The smallest absolute Gasteiger partial charge is 0.306 e. The molecular formula is C27H51NO7S2. The highest BCUT2D eigenvalue weighted by atomic mass is 32.1. The number of aliphatic hydroxyl groups is 1. The molecule has 0 radical (unpaired) electrons. The van der Waals surface area contributed by atoms with Gasteiger partial charge < -0.3 is 24.6 Å². The van der Waals surface area contributed by atoms with E-state index >= 15 is 0 Å². The van der Waals surface area contributed by atoms with Gasteiger partial charge in [0.05, 0.1) is 32.7 Å². The van der Waals surface area contributed by atoms with E-state index in [9.17, 15) is 19.5 Å². The third kappa shape index (κ3) is 18.8. The molecule has 0 aliphatic carbocycles. The summed E-state index contributed by atoms with van der Waals surface area (Å²) in [7, 11) is 0. The molecule has 37 heavy (non-hydrogen) atoms. The van der Waals surface area contributed by atoms with E-state index in [0.29, 0.717) is 26.2 Å². The molecule has 0 saturated carbocycles. The Kier molecular flexibility index (Phi) is 21.3. The number of aliphatic carboxylic acids is 1. The zero-order valence-electron chi connectivity index (χ0n) is 23.2. The van der Waals surface area contributed by atoms with Crippen molar-refractivity contribution in [1.82, 2.24) is 4.90 Å². The Morgan fingerprint density at radius 1 is 0.784 bits per heavy atom. The molecular weight excluding hydrogens is 514 g/mol. The quantitative estimate of drug-likeness (QED) is 0.0752. The third-order valence-electron chi connectivity index (χ3n) is 6.61. The molecule has 2 atom stereocenters. The molecule has 0 aromatic rings. The number of unbranched alkanes of at least 4 members (excludes halogenated alkanes) is 6. The summed E-state index contributed by atoms with van der Waals surface area (Å²) in [6, 6.07) is 0. The zero-order chi connectivity index (χ0) is 28.1. The fourth-order valence-electron chi connectivity index (χ4n) is 3.75. The minimum Gasteiger partial charge on any atom is -0.481 e. The second-order valence-corrected chi connectivity index (χ2v) is 11.5. The topological polar surface area (TPSA) is 113 Å². The van der Waals surface area contributed by atoms with Gasteiger partial charge in [-0.3, -0.25) is 14.4 Å². The number of hydrogen-bond donors (Lipinski definition) is 4. The lowest BCUT2D eigenvalue weighted by Gasteiger charge is -2.35. The van der Waals surface area contributed by atoms with Crippen molar-refractivity contribution in [3.05, 3.63) is 0 Å². The molecule has 0 spiro atoms. The number of carbonyl (C=O) groups excluding carboxylic acids is 2. The molecule has 0 rings (SSSR count). The van der Waals surface area contributed by atoms with E-state index in [0.717, 1.165) is 64.5 Å². The highest BCUT2D eigenvalue weighted by Gasteiger charge is 2.36. The van der Waals surface area contributed by atoms with E-state index in [2.05, 4.69) is 30.2 Å². The monoisotopic (exact) mass is 565 g/mol. The van der Waals surface area contributed by atoms with Crippen LogP contribution in [0.25, 0.3) is 0 Å². The number of nitrogens with zero attached hydrogens (tertiary/aromatic N) is 1. The first kappa shape index (κ1) is 36.0. The first-order valence-corrected chi connectivity index (χ1v) is 14.8. The molecule has 0 aliphatic rings. The van der Waals surface area contributed by atoms with Crippen molar-refractivity contribution < 1.29 is 34.1 Å². The number of hydrogen-bond acceptors (Lipinski definition) is 9. The average Bonchev–Trinajstić information content (AvgIpc) is 2.82. The molecule has 0 amide bonds. The van der Waals surface area contributed by atoms with Gasteiger partial charge in [0, 0.05) is 23.5 Å². The normalized spacial score (nSPS) is 13.4. The summed E-state index contributed by atoms with van der Waals surface area (Å²) in [5.74, 6) is -1.33. The van der Waals surface area contributed by atoms with Gasteiger partial charge in [-0.15, -0.1) is 0 Å². The van der Waals surface area contributed by atoms with Crippen LogP contribution in [0.5, 0.6) is 0 Å². The van der Waals surface area contributed by atoms with Gasteiger partial charge in [0.15, 0.2) is 0 Å². The molecule has 0 saturated heterocycles. The number of carboxylic acid groups (broad SMARTS) is 1. The number of aliphatic hydroxyl groups excluding tert-OH is 1. The molecule has 2 unspecified atom stereocenters. The van der Waals surface area contributed by atoms with Crippen LogP contribution in [0.15, 0.2) is 0 Å². The van der Waals surface area contributed by atoms with Crippen LogP contribution in [-0.4, -0.2) is 83.0 Å². The summed E-state index contributed by atoms with van der Waals surface area (Å²) in [4.78, 5) is 37.1. The van der Waals surface area contributed by atoms with Crippen molar-refractivity contribution in [1.29, 1.82) is 0 Å². The Bertz CT molecular complexity index is 634. The molecule has 0 aromatic carbocycles. The number of ether oxygens (including phenoxy) is 2. The molecule has 10 heteroatoms. The average molecular weight is 566 g/mol. The minimum absolute atomic E-state index is 0.116. The van der Waals surface area contributed by atoms with Crippen LogP contribution >= 0.6 is 25.3 Å². The predicted octanol–water partition coefficient (Wildman–Crippen LogP) is 4.78. The fraction of sp³-hybridized carbons (Fsp3) is 0.889. The van der Waals surface area contributed by atoms with Gasteiger partial charge in [0.2, 0.25) is 0 Å². The van der Waals surface area contributed by atoms with Gasteiger partial charge in [-0.2, -0.15) is 25.3 Å². The number of thiol groups is 2. The maximum Gasteiger partial charge on any atom is 0.306 e. The van der Waals surface area contributed by atoms with Crippen molar-refractivity contribution in [2.24, 2.45) is 5.41 Å². The van der Waals surface area contributed by atoms with E-state index in [1.807, 2.05) is 20.8 Å². The van der Waals surface area contributed by atoms with Crippen molar-refractivity contribution in [3.8, 4) is 0 Å². The lowest BCUT2D eigenvalue weighted by molar-refractivity contribution is -0.144. The molecule has 0 fully saturated rings. The summed E-state index contributed by atoms with van der Waals surface area (Å²) in [5, 5.41) is 17.4. The van der Waals surface area contributed by atoms with Crippen LogP contribution in [-0.2, 0) is 23.9 Å². The summed E-state index contributed by atoms with van der Waals surface area (Å²) >= 11 is 9.22. The van der Waals surface area contributed by atoms with E-state index in [-0.39, 0.29) is 48.3 Å². The number of carbonyl (C=O) groups is 3. The number of carboxylic acids is 1. The van der Waals surface area contributed by atoms with Gasteiger partial charge in [-0.05, 0) is 50.6 Å². The van der Waals surface area contributed by atoms with Crippen molar-refractivity contribution in [3.63, 3.8) is 0 Å². The highest BCUT2D eigenvalue weighted by molar-refractivity contribution is 7.82. The molecule has 0 aliphatic heterocycles. The molecule has 8 nitrogen and oxygen atoms in total. The fourth-order valence-corrected chi connectivity index (χ4v) is 4.53. The molecule has 2 N–H and O–H groups in total. The van der Waals surface area contributed by atoms with Gasteiger partial charge in [0.25, 0.3) is 0 Å².